The van der Waals surface area contributed by atoms with Gasteiger partial charge in [0.2, 0.25) is 0 Å². The van der Waals surface area contributed by atoms with Gasteiger partial charge in [-0.3, -0.25) is 4.79 Å². The number of rotatable bonds is 7. The highest BCUT2D eigenvalue weighted by atomic mass is 79.9. The molecule has 2 atom stereocenters. The van der Waals surface area contributed by atoms with Crippen molar-refractivity contribution in [1.29, 1.82) is 0 Å². The maximum atomic E-state index is 13.8. The number of esters is 1. The van der Waals surface area contributed by atoms with Gasteiger partial charge in [-0.2, -0.15) is 0 Å². The summed E-state index contributed by atoms with van der Waals surface area (Å²) in [4.78, 5) is 27.0. The lowest BCUT2D eigenvalue weighted by Gasteiger charge is -2.37. The Morgan fingerprint density at radius 1 is 1.14 bits per heavy atom. The van der Waals surface area contributed by atoms with E-state index in [1.807, 2.05) is 38.1 Å². The second-order valence-electron chi connectivity index (χ2n) is 8.95. The van der Waals surface area contributed by atoms with E-state index in [1.54, 1.807) is 19.2 Å². The number of aromatic hydroxyl groups is 1. The third-order valence-electron chi connectivity index (χ3n) is 6.67. The summed E-state index contributed by atoms with van der Waals surface area (Å²) in [7, 11) is 3.08. The monoisotopic (exact) mass is 555 g/mol. The maximum Gasteiger partial charge on any atom is 0.336 e. The Bertz CT molecular complexity index is 1260. The summed E-state index contributed by atoms with van der Waals surface area (Å²) in [5, 5.41) is 13.7. The van der Waals surface area contributed by atoms with Crippen LogP contribution in [0.25, 0.3) is 0 Å². The van der Waals surface area contributed by atoms with Crippen molar-refractivity contribution in [2.75, 3.05) is 20.8 Å². The predicted molar refractivity (Wildman–Crippen MR) is 139 cm³/mol. The van der Waals surface area contributed by atoms with E-state index in [0.717, 1.165) is 17.0 Å². The molecule has 1 heterocycles. The molecular formula is C28H30BrNO6. The molecule has 190 valence electrons. The van der Waals surface area contributed by atoms with Crippen LogP contribution in [0.3, 0.4) is 0 Å². The van der Waals surface area contributed by atoms with Crippen LogP contribution in [-0.4, -0.2) is 37.7 Å². The van der Waals surface area contributed by atoms with Crippen molar-refractivity contribution in [3.63, 3.8) is 0 Å². The summed E-state index contributed by atoms with van der Waals surface area (Å²) in [6.07, 6.45) is 1.55. The number of hydrogen-bond acceptors (Lipinski definition) is 7. The molecule has 1 aliphatic carbocycles. The van der Waals surface area contributed by atoms with Crippen molar-refractivity contribution < 1.29 is 28.9 Å². The lowest BCUT2D eigenvalue weighted by molar-refractivity contribution is -0.139. The van der Waals surface area contributed by atoms with Gasteiger partial charge in [-0.1, -0.05) is 25.1 Å². The lowest BCUT2D eigenvalue weighted by atomic mass is 9.71. The van der Waals surface area contributed by atoms with Crippen LogP contribution in [0.5, 0.6) is 17.2 Å². The number of methoxy groups -OCH3 is 2. The number of dihydropyridines is 1. The van der Waals surface area contributed by atoms with Crippen LogP contribution in [0.1, 0.15) is 56.1 Å². The van der Waals surface area contributed by atoms with E-state index in [4.69, 9.17) is 14.2 Å². The third-order valence-corrected chi connectivity index (χ3v) is 7.27. The van der Waals surface area contributed by atoms with Crippen LogP contribution in [0.2, 0.25) is 0 Å². The van der Waals surface area contributed by atoms with Crippen molar-refractivity contribution in [3.8, 4) is 17.2 Å². The molecule has 0 spiro atoms. The summed E-state index contributed by atoms with van der Waals surface area (Å²) in [6, 6.07) is 11.1. The fourth-order valence-electron chi connectivity index (χ4n) is 5.06. The maximum absolute atomic E-state index is 13.8. The molecule has 2 aromatic carbocycles. The van der Waals surface area contributed by atoms with Gasteiger partial charge in [0.25, 0.3) is 0 Å². The first-order chi connectivity index (χ1) is 17.3. The van der Waals surface area contributed by atoms with Crippen LogP contribution in [0, 0.1) is 0 Å². The molecule has 1 aliphatic heterocycles. The molecule has 0 aromatic heterocycles. The first-order valence-electron chi connectivity index (χ1n) is 11.9. The molecule has 7 nitrogen and oxygen atoms in total. The van der Waals surface area contributed by atoms with Gasteiger partial charge in [0, 0.05) is 35.2 Å². The molecule has 2 aromatic rings. The molecule has 0 radical (unpaired) electrons. The molecule has 2 N–H and O–H groups in total. The Morgan fingerprint density at radius 2 is 1.86 bits per heavy atom. The molecular weight excluding hydrogens is 526 g/mol. The van der Waals surface area contributed by atoms with Gasteiger partial charge >= 0.3 is 5.97 Å². The van der Waals surface area contributed by atoms with E-state index < -0.39 is 11.9 Å². The Labute approximate surface area is 219 Å². The van der Waals surface area contributed by atoms with Crippen molar-refractivity contribution in [2.45, 2.75) is 44.9 Å². The minimum atomic E-state index is -0.664. The zero-order valence-corrected chi connectivity index (χ0v) is 22.4. The van der Waals surface area contributed by atoms with E-state index >= 15 is 0 Å². The minimum Gasteiger partial charge on any atom is -0.503 e. The smallest absolute Gasteiger partial charge is 0.336 e. The second-order valence-corrected chi connectivity index (χ2v) is 9.80. The predicted octanol–water partition coefficient (Wildman–Crippen LogP) is 5.49. The van der Waals surface area contributed by atoms with Crippen LogP contribution in [0.15, 0.2) is 63.4 Å². The van der Waals surface area contributed by atoms with Gasteiger partial charge in [0.05, 0.1) is 30.9 Å². The highest BCUT2D eigenvalue weighted by Gasteiger charge is 2.42. The standard InChI is InChI=1S/C28H30BrNO6/c1-5-10-36-28(33)24-15(2)30-20-12-16(18-8-6-7-9-22(18)34-3)13-21(31)26(20)25(24)17-11-19(29)27(32)23(14-17)35-4/h6-9,11,14,16,25,30,32H,5,10,12-13H2,1-4H3/t16-,25+/m1/s1. The number of carbonyl (C=O) groups excluding carboxylic acids is 2. The number of carbonyl (C=O) groups is 2. The third kappa shape index (κ3) is 4.74. The minimum absolute atomic E-state index is 0.0496. The summed E-state index contributed by atoms with van der Waals surface area (Å²) < 4.78 is 16.8. The topological polar surface area (TPSA) is 94.1 Å². The summed E-state index contributed by atoms with van der Waals surface area (Å²) in [6.45, 7) is 4.03. The molecule has 0 bridgehead atoms. The normalized spacial score (nSPS) is 19.5. The zero-order chi connectivity index (χ0) is 26.0. The highest BCUT2D eigenvalue weighted by molar-refractivity contribution is 9.10. The SMILES string of the molecule is CCCOC(=O)C1=C(C)NC2=C(C(=O)C[C@H](c3ccccc3OC)C2)[C@H]1c1cc(Br)c(O)c(OC)c1. The molecule has 0 saturated heterocycles. The van der Waals surface area contributed by atoms with Crippen LogP contribution >= 0.6 is 15.9 Å². The average Bonchev–Trinajstić information content (AvgIpc) is 2.87. The second kappa shape index (κ2) is 10.8. The first kappa shape index (κ1) is 25.8. The summed E-state index contributed by atoms with van der Waals surface area (Å²) in [5.41, 5.74) is 3.96. The number of hydrogen-bond donors (Lipinski definition) is 2. The van der Waals surface area contributed by atoms with Gasteiger partial charge in [0.15, 0.2) is 17.3 Å². The number of Topliss-reactive ketones (excluding diaryl/α,β-unsaturated/α-hetero) is 1. The summed E-state index contributed by atoms with van der Waals surface area (Å²) in [5.74, 6) is -0.316. The van der Waals surface area contributed by atoms with E-state index in [2.05, 4.69) is 21.2 Å². The number of phenols is 1. The number of para-hydroxylation sites is 1. The van der Waals surface area contributed by atoms with Gasteiger partial charge in [-0.05, 0) is 65.0 Å². The van der Waals surface area contributed by atoms with Crippen LogP contribution < -0.4 is 14.8 Å². The van der Waals surface area contributed by atoms with Crippen LogP contribution in [0.4, 0.5) is 0 Å². The molecule has 2 aliphatic rings. The Balaban J connectivity index is 1.85. The quantitative estimate of drug-likeness (QED) is 0.436. The number of phenolic OH excluding ortho intramolecular Hbond substituents is 1. The van der Waals surface area contributed by atoms with Gasteiger partial charge in [-0.25, -0.2) is 4.79 Å². The average molecular weight is 556 g/mol. The van der Waals surface area contributed by atoms with E-state index in [0.29, 0.717) is 39.7 Å². The first-order valence-corrected chi connectivity index (χ1v) is 12.7. The Kier molecular flexibility index (Phi) is 7.73. The van der Waals surface area contributed by atoms with Gasteiger partial charge < -0.3 is 24.6 Å². The molecule has 0 unspecified atom stereocenters. The van der Waals surface area contributed by atoms with Crippen molar-refractivity contribution in [3.05, 3.63) is 74.5 Å². The Morgan fingerprint density at radius 3 is 2.56 bits per heavy atom. The lowest BCUT2D eigenvalue weighted by Crippen LogP contribution is -2.36. The van der Waals surface area contributed by atoms with Crippen molar-refractivity contribution >= 4 is 27.7 Å². The van der Waals surface area contributed by atoms with E-state index in [-0.39, 0.29) is 36.2 Å². The number of benzene rings is 2. The zero-order valence-electron chi connectivity index (χ0n) is 20.8. The van der Waals surface area contributed by atoms with Gasteiger partial charge in [0.1, 0.15) is 5.75 Å². The number of ether oxygens (including phenoxy) is 3. The number of nitrogens with one attached hydrogen (secondary N) is 1. The number of ketones is 1. The fourth-order valence-corrected chi connectivity index (χ4v) is 5.51. The highest BCUT2D eigenvalue weighted by Crippen LogP contribution is 2.49. The van der Waals surface area contributed by atoms with Crippen molar-refractivity contribution in [1.82, 2.24) is 5.32 Å². The van der Waals surface area contributed by atoms with Crippen molar-refractivity contribution in [2.24, 2.45) is 0 Å². The number of allylic oxidation sites excluding steroid dienone is 3. The molecule has 0 fully saturated rings. The molecule has 4 rings (SSSR count). The molecule has 36 heavy (non-hydrogen) atoms. The molecule has 0 saturated carbocycles. The number of halogens is 1. The van der Waals surface area contributed by atoms with Crippen LogP contribution in [-0.2, 0) is 14.3 Å². The fraction of sp³-hybridized carbons (Fsp3) is 0.357. The Hall–Kier alpha value is -3.26. The van der Waals surface area contributed by atoms with E-state index in [9.17, 15) is 14.7 Å². The largest absolute Gasteiger partial charge is 0.503 e. The van der Waals surface area contributed by atoms with Gasteiger partial charge in [-0.15, -0.1) is 0 Å². The molecule has 8 heteroatoms. The summed E-state index contributed by atoms with van der Waals surface area (Å²) >= 11 is 3.38. The van der Waals surface area contributed by atoms with E-state index in [1.165, 1.54) is 7.11 Å². The molecule has 0 amide bonds.